The normalized spacial score (nSPS) is 11.1. The molecule has 0 aromatic heterocycles. The fourth-order valence-corrected chi connectivity index (χ4v) is 0.838. The van der Waals surface area contributed by atoms with Crippen molar-refractivity contribution >= 4 is 12.0 Å². The summed E-state index contributed by atoms with van der Waals surface area (Å²) in [5, 5.41) is 8.63. The smallest absolute Gasteiger partial charge is 0.309 e. The molecule has 0 bridgehead atoms. The summed E-state index contributed by atoms with van der Waals surface area (Å²) < 4.78 is 0. The van der Waals surface area contributed by atoms with Crippen molar-refractivity contribution in [2.75, 3.05) is 0 Å². The first-order valence-electron chi connectivity index (χ1n) is 4.21. The lowest BCUT2D eigenvalue weighted by molar-refractivity contribution is -0.143. The number of carbonyl (C=O) groups is 2. The van der Waals surface area contributed by atoms with Crippen LogP contribution in [-0.4, -0.2) is 17.1 Å². The average Bonchev–Trinajstić information content (AvgIpc) is 1.97. The quantitative estimate of drug-likeness (QED) is 0.590. The monoisotopic (exact) mass is 202 g/mol. The number of amides is 2. The second kappa shape index (κ2) is 8.10. The first kappa shape index (κ1) is 15.0. The summed E-state index contributed by atoms with van der Waals surface area (Å²) in [5.74, 6) is -0.803. The maximum Gasteiger partial charge on any atom is 0.309 e. The molecule has 1 unspecified atom stereocenters. The van der Waals surface area contributed by atoms with E-state index >= 15 is 0 Å². The van der Waals surface area contributed by atoms with Crippen LogP contribution in [-0.2, 0) is 4.79 Å². The first-order valence-corrected chi connectivity index (χ1v) is 4.21. The highest BCUT2D eigenvalue weighted by atomic mass is 16.4. The number of nitrogens with two attached hydrogens (primary N) is 2. The van der Waals surface area contributed by atoms with Gasteiger partial charge in [0.15, 0.2) is 0 Å². The van der Waals surface area contributed by atoms with Crippen molar-refractivity contribution in [1.29, 1.82) is 0 Å². The average molecular weight is 202 g/mol. The molecule has 0 aliphatic rings. The highest BCUT2D eigenvalue weighted by molar-refractivity contribution is 5.70. The number of allylic oxidation sites excluding steroid dienone is 1. The molecular weight excluding hydrogens is 184 g/mol. The summed E-state index contributed by atoms with van der Waals surface area (Å²) in [6, 6.07) is -0.833. The minimum absolute atomic E-state index is 0.190. The molecule has 0 aliphatic carbocycles. The fourth-order valence-electron chi connectivity index (χ4n) is 0.838. The van der Waals surface area contributed by atoms with Crippen molar-refractivity contribution in [3.8, 4) is 0 Å². The Morgan fingerprint density at radius 2 is 1.79 bits per heavy atom. The second-order valence-electron chi connectivity index (χ2n) is 3.12. The second-order valence-corrected chi connectivity index (χ2v) is 3.12. The molecular formula is C9H18N2O3. The Hall–Kier alpha value is -1.52. The van der Waals surface area contributed by atoms with Gasteiger partial charge in [-0.15, -0.1) is 6.58 Å². The summed E-state index contributed by atoms with van der Waals surface area (Å²) in [6.45, 7) is 7.31. The van der Waals surface area contributed by atoms with Crippen LogP contribution in [0, 0.1) is 11.8 Å². The maximum atomic E-state index is 10.5. The van der Waals surface area contributed by atoms with Crippen molar-refractivity contribution in [3.05, 3.63) is 12.7 Å². The number of urea groups is 1. The number of primary amides is 2. The van der Waals surface area contributed by atoms with Gasteiger partial charge in [-0.05, 0) is 12.3 Å². The molecule has 0 fully saturated rings. The van der Waals surface area contributed by atoms with Gasteiger partial charge in [0, 0.05) is 0 Å². The minimum atomic E-state index is -0.833. The molecule has 0 saturated carbocycles. The SMILES string of the molecule is C=CCC(C(=O)O)C(C)C.NC(N)=O. The van der Waals surface area contributed by atoms with Gasteiger partial charge in [-0.1, -0.05) is 19.9 Å². The van der Waals surface area contributed by atoms with E-state index in [1.54, 1.807) is 6.08 Å². The van der Waals surface area contributed by atoms with Crippen LogP contribution in [0.3, 0.4) is 0 Å². The molecule has 0 aromatic carbocycles. The molecule has 2 amide bonds. The van der Waals surface area contributed by atoms with Crippen LogP contribution in [0.1, 0.15) is 20.3 Å². The molecule has 0 aromatic rings. The third-order valence-electron chi connectivity index (χ3n) is 1.54. The van der Waals surface area contributed by atoms with Crippen molar-refractivity contribution in [2.45, 2.75) is 20.3 Å². The third kappa shape index (κ3) is 10.5. The van der Waals surface area contributed by atoms with E-state index in [1.165, 1.54) is 0 Å². The molecule has 14 heavy (non-hydrogen) atoms. The predicted molar refractivity (Wildman–Crippen MR) is 54.5 cm³/mol. The molecule has 5 N–H and O–H groups in total. The summed E-state index contributed by atoms with van der Waals surface area (Å²) in [4.78, 5) is 19.5. The van der Waals surface area contributed by atoms with E-state index in [0.29, 0.717) is 6.42 Å². The van der Waals surface area contributed by atoms with Crippen molar-refractivity contribution in [1.82, 2.24) is 0 Å². The molecule has 5 heteroatoms. The van der Waals surface area contributed by atoms with Crippen molar-refractivity contribution in [3.63, 3.8) is 0 Å². The summed E-state index contributed by atoms with van der Waals surface area (Å²) in [5.41, 5.74) is 8.50. The van der Waals surface area contributed by atoms with Crippen molar-refractivity contribution < 1.29 is 14.7 Å². The van der Waals surface area contributed by atoms with E-state index in [2.05, 4.69) is 18.0 Å². The number of hydrogen-bond donors (Lipinski definition) is 3. The van der Waals surface area contributed by atoms with Gasteiger partial charge < -0.3 is 16.6 Å². The number of carbonyl (C=O) groups excluding carboxylic acids is 1. The molecule has 5 nitrogen and oxygen atoms in total. The molecule has 0 heterocycles. The van der Waals surface area contributed by atoms with Gasteiger partial charge >= 0.3 is 12.0 Å². The van der Waals surface area contributed by atoms with Crippen molar-refractivity contribution in [2.24, 2.45) is 23.3 Å². The highest BCUT2D eigenvalue weighted by Crippen LogP contribution is 2.15. The Labute approximate surface area is 83.8 Å². The Morgan fingerprint density at radius 1 is 1.43 bits per heavy atom. The zero-order valence-electron chi connectivity index (χ0n) is 8.56. The van der Waals surface area contributed by atoms with Crippen LogP contribution < -0.4 is 11.5 Å². The predicted octanol–water partition coefficient (Wildman–Crippen LogP) is 0.943. The van der Waals surface area contributed by atoms with Gasteiger partial charge in [0.05, 0.1) is 5.92 Å². The van der Waals surface area contributed by atoms with Gasteiger partial charge in [-0.3, -0.25) is 4.79 Å². The number of aliphatic carboxylic acids is 1. The topological polar surface area (TPSA) is 106 Å². The Bertz CT molecular complexity index is 198. The number of carboxylic acid groups (broad SMARTS) is 1. The van der Waals surface area contributed by atoms with Crippen LogP contribution in [0.5, 0.6) is 0 Å². The summed E-state index contributed by atoms with van der Waals surface area (Å²) in [7, 11) is 0. The van der Waals surface area contributed by atoms with E-state index in [9.17, 15) is 4.79 Å². The molecule has 0 spiro atoms. The zero-order valence-corrected chi connectivity index (χ0v) is 8.56. The van der Waals surface area contributed by atoms with Crippen LogP contribution in [0.15, 0.2) is 12.7 Å². The molecule has 1 atom stereocenters. The molecule has 0 aliphatic heterocycles. The summed E-state index contributed by atoms with van der Waals surface area (Å²) >= 11 is 0. The highest BCUT2D eigenvalue weighted by Gasteiger charge is 2.18. The van der Waals surface area contributed by atoms with Crippen LogP contribution in [0.25, 0.3) is 0 Å². The van der Waals surface area contributed by atoms with Gasteiger partial charge in [0.2, 0.25) is 0 Å². The minimum Gasteiger partial charge on any atom is -0.481 e. The van der Waals surface area contributed by atoms with Gasteiger partial charge in [-0.25, -0.2) is 4.79 Å². The summed E-state index contributed by atoms with van der Waals surface area (Å²) in [6.07, 6.45) is 2.21. The first-order chi connectivity index (χ1) is 6.32. The van der Waals surface area contributed by atoms with Crippen LogP contribution in [0.4, 0.5) is 4.79 Å². The van der Waals surface area contributed by atoms with E-state index < -0.39 is 12.0 Å². The fraction of sp³-hybridized carbons (Fsp3) is 0.556. The van der Waals surface area contributed by atoms with Crippen LogP contribution >= 0.6 is 0 Å². The molecule has 0 radical (unpaired) electrons. The molecule has 82 valence electrons. The van der Waals surface area contributed by atoms with E-state index in [0.717, 1.165) is 0 Å². The standard InChI is InChI=1S/C8H14O2.CH4N2O/c1-4-5-7(6(2)3)8(9)10;2-1(3)4/h4,6-7H,1,5H2,2-3H3,(H,9,10);(H4,2,3,4). The van der Waals surface area contributed by atoms with Gasteiger partial charge in [0.1, 0.15) is 0 Å². The molecule has 0 rings (SSSR count). The Kier molecular flexibility index (Phi) is 8.66. The largest absolute Gasteiger partial charge is 0.481 e. The number of hydrogen-bond acceptors (Lipinski definition) is 2. The van der Waals surface area contributed by atoms with E-state index in [4.69, 9.17) is 9.90 Å². The molecule has 0 saturated heterocycles. The number of rotatable bonds is 4. The lowest BCUT2D eigenvalue weighted by Gasteiger charge is -2.12. The van der Waals surface area contributed by atoms with Gasteiger partial charge in [0.25, 0.3) is 0 Å². The zero-order chi connectivity index (χ0) is 11.7. The van der Waals surface area contributed by atoms with Crippen LogP contribution in [0.2, 0.25) is 0 Å². The lowest BCUT2D eigenvalue weighted by Crippen LogP contribution is -2.18. The third-order valence-corrected chi connectivity index (χ3v) is 1.54. The number of carboxylic acids is 1. The van der Waals surface area contributed by atoms with E-state index in [1.807, 2.05) is 13.8 Å². The Balaban J connectivity index is 0. The van der Waals surface area contributed by atoms with E-state index in [-0.39, 0.29) is 11.8 Å². The maximum absolute atomic E-state index is 10.5. The lowest BCUT2D eigenvalue weighted by atomic mass is 9.93. The Morgan fingerprint density at radius 3 is 1.86 bits per heavy atom. The van der Waals surface area contributed by atoms with Gasteiger partial charge in [-0.2, -0.15) is 0 Å².